The molecule has 0 N–H and O–H groups in total. The molecule has 1 aromatic carbocycles. The monoisotopic (exact) mass is 524 g/mol. The van der Waals surface area contributed by atoms with Crippen molar-refractivity contribution < 1.29 is 52.3 Å². The molecule has 0 amide bonds. The van der Waals surface area contributed by atoms with Crippen molar-refractivity contribution in [2.24, 2.45) is 0 Å². The smallest absolute Gasteiger partial charge is 0.305 e. The quantitative estimate of drug-likeness (QED) is 0.202. The van der Waals surface area contributed by atoms with Crippen molar-refractivity contribution in [3.63, 3.8) is 0 Å². The van der Waals surface area contributed by atoms with Crippen LogP contribution >= 0.6 is 0 Å². The minimum absolute atomic E-state index is 0.146. The van der Waals surface area contributed by atoms with Crippen LogP contribution in [0.3, 0.4) is 0 Å². The van der Waals surface area contributed by atoms with E-state index in [1.807, 2.05) is 30.3 Å². The molecular weight excluding hydrogens is 488 g/mol. The van der Waals surface area contributed by atoms with Gasteiger partial charge in [0.1, 0.15) is 18.8 Å². The highest BCUT2D eigenvalue weighted by Gasteiger charge is 2.51. The number of carbonyl (C=O) groups is 4. The molecule has 1 heterocycles. The van der Waals surface area contributed by atoms with Crippen LogP contribution in [0.4, 0.5) is 0 Å². The summed E-state index contributed by atoms with van der Waals surface area (Å²) in [6, 6.07) is 9.33. The molecule has 0 spiro atoms. The maximum atomic E-state index is 12.0. The van der Waals surface area contributed by atoms with E-state index in [9.17, 15) is 19.2 Å². The predicted octanol–water partition coefficient (Wildman–Crippen LogP) is 2.47. The molecule has 1 aliphatic heterocycles. The summed E-state index contributed by atoms with van der Waals surface area (Å²) in [5, 5.41) is 0. The third-order valence-corrected chi connectivity index (χ3v) is 5.47. The number of methoxy groups -OCH3 is 1. The summed E-state index contributed by atoms with van der Waals surface area (Å²) < 4.78 is 38.9. The second kappa shape index (κ2) is 16.0. The van der Waals surface area contributed by atoms with Gasteiger partial charge in [0.25, 0.3) is 0 Å². The van der Waals surface area contributed by atoms with Gasteiger partial charge in [-0.05, 0) is 18.4 Å². The van der Waals surface area contributed by atoms with Gasteiger partial charge >= 0.3 is 23.9 Å². The zero-order valence-electron chi connectivity index (χ0n) is 21.7. The summed E-state index contributed by atoms with van der Waals surface area (Å²) in [6.45, 7) is 3.82. The number of unbranched alkanes of at least 4 members (excludes halogenated alkanes) is 2. The Bertz CT molecular complexity index is 873. The zero-order valence-corrected chi connectivity index (χ0v) is 21.7. The van der Waals surface area contributed by atoms with Crippen molar-refractivity contribution >= 4 is 23.9 Å². The van der Waals surface area contributed by atoms with Crippen LogP contribution in [0.2, 0.25) is 0 Å². The maximum absolute atomic E-state index is 12.0. The first-order chi connectivity index (χ1) is 17.7. The molecule has 5 atom stereocenters. The fourth-order valence-electron chi connectivity index (χ4n) is 3.80. The second-order valence-corrected chi connectivity index (χ2v) is 8.51. The summed E-state index contributed by atoms with van der Waals surface area (Å²) >= 11 is 0. The van der Waals surface area contributed by atoms with E-state index in [4.69, 9.17) is 28.4 Å². The van der Waals surface area contributed by atoms with Crippen LogP contribution in [0.15, 0.2) is 30.3 Å². The molecule has 0 radical (unpaired) electrons. The summed E-state index contributed by atoms with van der Waals surface area (Å²) in [5.41, 5.74) is 0.858. The van der Waals surface area contributed by atoms with Gasteiger partial charge in [-0.2, -0.15) is 0 Å². The lowest BCUT2D eigenvalue weighted by Crippen LogP contribution is -2.62. The van der Waals surface area contributed by atoms with E-state index < -0.39 is 48.6 Å². The molecule has 11 nitrogen and oxygen atoms in total. The predicted molar refractivity (Wildman–Crippen MR) is 128 cm³/mol. The Labute approximate surface area is 216 Å². The van der Waals surface area contributed by atoms with E-state index in [-0.39, 0.29) is 25.8 Å². The molecule has 1 fully saturated rings. The number of benzene rings is 1. The minimum Gasteiger partial charge on any atom is -0.469 e. The number of rotatable bonds is 14. The van der Waals surface area contributed by atoms with Crippen molar-refractivity contribution in [1.82, 2.24) is 0 Å². The van der Waals surface area contributed by atoms with Crippen LogP contribution in [0.25, 0.3) is 0 Å². The van der Waals surface area contributed by atoms with Crippen molar-refractivity contribution in [3.05, 3.63) is 35.9 Å². The van der Waals surface area contributed by atoms with Crippen LogP contribution in [-0.4, -0.2) is 74.9 Å². The molecule has 0 unspecified atom stereocenters. The highest BCUT2D eigenvalue weighted by Crippen LogP contribution is 2.30. The molecule has 2 rings (SSSR count). The first kappa shape index (κ1) is 30.2. The van der Waals surface area contributed by atoms with Crippen LogP contribution in [0.5, 0.6) is 0 Å². The number of ether oxygens (including phenoxy) is 7. The van der Waals surface area contributed by atoms with Crippen LogP contribution < -0.4 is 0 Å². The Kier molecular flexibility index (Phi) is 13.0. The van der Waals surface area contributed by atoms with E-state index in [0.717, 1.165) is 5.56 Å². The highest BCUT2D eigenvalue weighted by atomic mass is 16.7. The van der Waals surface area contributed by atoms with Crippen LogP contribution in [0, 0.1) is 0 Å². The van der Waals surface area contributed by atoms with E-state index in [0.29, 0.717) is 25.7 Å². The molecule has 0 aromatic heterocycles. The van der Waals surface area contributed by atoms with Gasteiger partial charge in [0.2, 0.25) is 0 Å². The summed E-state index contributed by atoms with van der Waals surface area (Å²) in [4.78, 5) is 46.7. The van der Waals surface area contributed by atoms with Crippen molar-refractivity contribution in [3.8, 4) is 0 Å². The molecule has 11 heteroatoms. The van der Waals surface area contributed by atoms with Gasteiger partial charge in [-0.15, -0.1) is 0 Å². The van der Waals surface area contributed by atoms with Crippen LogP contribution in [-0.2, 0) is 58.9 Å². The highest BCUT2D eigenvalue weighted by molar-refractivity contribution is 5.69. The first-order valence-electron chi connectivity index (χ1n) is 12.2. The number of esters is 4. The fraction of sp³-hybridized carbons (Fsp3) is 0.615. The molecule has 1 aliphatic rings. The molecule has 1 saturated heterocycles. The Balaban J connectivity index is 2.22. The largest absolute Gasteiger partial charge is 0.469 e. The van der Waals surface area contributed by atoms with Crippen molar-refractivity contribution in [2.45, 2.75) is 83.8 Å². The molecule has 1 aromatic rings. The summed E-state index contributed by atoms with van der Waals surface area (Å²) in [5.74, 6) is -2.09. The van der Waals surface area contributed by atoms with Gasteiger partial charge in [0.15, 0.2) is 18.5 Å². The lowest BCUT2D eigenvalue weighted by molar-refractivity contribution is -0.315. The molecule has 37 heavy (non-hydrogen) atoms. The Morgan fingerprint density at radius 3 is 2.11 bits per heavy atom. The van der Waals surface area contributed by atoms with Gasteiger partial charge in [-0.25, -0.2) is 0 Å². The zero-order chi connectivity index (χ0) is 27.2. The van der Waals surface area contributed by atoms with Gasteiger partial charge in [0.05, 0.1) is 13.7 Å². The summed E-state index contributed by atoms with van der Waals surface area (Å²) in [6.07, 6.45) is -2.90. The van der Waals surface area contributed by atoms with E-state index in [1.54, 1.807) is 0 Å². The summed E-state index contributed by atoms with van der Waals surface area (Å²) in [7, 11) is 1.34. The minimum atomic E-state index is -1.11. The standard InChI is InChI=1S/C26H36O11/c1-17(27)33-16-21-23(35-18(2)28)24(36-19(3)29)25(34-15-20-11-7-5-8-12-20)26(37-21)32-14-10-6-9-13-22(30)31-4/h5,7-8,11-12,21,23-26H,6,9-10,13-16H2,1-4H3/t21-,23-,24+,25-,26+/m1/s1. The normalized spacial score (nSPS) is 23.1. The van der Waals surface area contributed by atoms with E-state index >= 15 is 0 Å². The SMILES string of the molecule is COC(=O)CCCCCO[C@H]1O[C@H](COC(C)=O)[C@@H](OC(C)=O)[C@H](OC(C)=O)[C@H]1OCc1ccccc1. The topological polar surface area (TPSA) is 133 Å². The molecule has 0 saturated carbocycles. The van der Waals surface area contributed by atoms with Gasteiger partial charge < -0.3 is 33.2 Å². The average molecular weight is 525 g/mol. The second-order valence-electron chi connectivity index (χ2n) is 8.51. The molecule has 206 valence electrons. The molecular formula is C26H36O11. The van der Waals surface area contributed by atoms with E-state index in [1.165, 1.54) is 27.9 Å². The Morgan fingerprint density at radius 2 is 1.49 bits per heavy atom. The fourth-order valence-corrected chi connectivity index (χ4v) is 3.80. The maximum Gasteiger partial charge on any atom is 0.305 e. The third kappa shape index (κ3) is 10.9. The lowest BCUT2D eigenvalue weighted by Gasteiger charge is -2.44. The number of carbonyl (C=O) groups excluding carboxylic acids is 4. The number of hydrogen-bond acceptors (Lipinski definition) is 11. The number of hydrogen-bond donors (Lipinski definition) is 0. The van der Waals surface area contributed by atoms with Crippen molar-refractivity contribution in [1.29, 1.82) is 0 Å². The first-order valence-corrected chi connectivity index (χ1v) is 12.2. The lowest BCUT2D eigenvalue weighted by atomic mass is 9.98. The van der Waals surface area contributed by atoms with E-state index in [2.05, 4.69) is 4.74 Å². The molecule has 0 bridgehead atoms. The Hall–Kier alpha value is -3.02. The van der Waals surface area contributed by atoms with Gasteiger partial charge in [-0.3, -0.25) is 19.2 Å². The van der Waals surface area contributed by atoms with Gasteiger partial charge in [-0.1, -0.05) is 36.8 Å². The van der Waals surface area contributed by atoms with Crippen LogP contribution in [0.1, 0.15) is 52.0 Å². The Morgan fingerprint density at radius 1 is 0.811 bits per heavy atom. The van der Waals surface area contributed by atoms with Gasteiger partial charge in [0, 0.05) is 33.8 Å². The van der Waals surface area contributed by atoms with Crippen molar-refractivity contribution in [2.75, 3.05) is 20.3 Å². The average Bonchev–Trinajstić information content (AvgIpc) is 2.85. The molecule has 0 aliphatic carbocycles. The third-order valence-electron chi connectivity index (χ3n) is 5.47.